The highest BCUT2D eigenvalue weighted by Crippen LogP contribution is 2.26. The Bertz CT molecular complexity index is 1160. The van der Waals surface area contributed by atoms with Crippen molar-refractivity contribution in [2.75, 3.05) is 11.9 Å². The fourth-order valence-electron chi connectivity index (χ4n) is 2.35. The van der Waals surface area contributed by atoms with Crippen molar-refractivity contribution in [1.29, 1.82) is 0 Å². The first-order valence-corrected chi connectivity index (χ1v) is 10.6. The van der Waals surface area contributed by atoms with Crippen LogP contribution in [-0.2, 0) is 10.0 Å². The molecule has 5 N–H and O–H groups in total. The molecule has 3 aromatic rings. The van der Waals surface area contributed by atoms with Gasteiger partial charge >= 0.3 is 0 Å². The van der Waals surface area contributed by atoms with Crippen molar-refractivity contribution in [3.63, 3.8) is 0 Å². The van der Waals surface area contributed by atoms with Gasteiger partial charge in [-0.3, -0.25) is 14.9 Å². The molecule has 9 nitrogen and oxygen atoms in total. The molecular formula is C18H17N5O4S2. The highest BCUT2D eigenvalue weighted by Gasteiger charge is 2.15. The number of sulfonamides is 1. The Morgan fingerprint density at radius 3 is 2.62 bits per heavy atom. The highest BCUT2D eigenvalue weighted by atomic mass is 32.2. The maximum Gasteiger partial charge on any atom is 0.265 e. The Morgan fingerprint density at radius 1 is 1.28 bits per heavy atom. The van der Waals surface area contributed by atoms with Gasteiger partial charge in [0.1, 0.15) is 5.69 Å². The largest absolute Gasteiger partial charge is 0.364 e. The van der Waals surface area contributed by atoms with Crippen molar-refractivity contribution >= 4 is 38.3 Å². The van der Waals surface area contributed by atoms with E-state index in [1.807, 2.05) is 0 Å². The molecule has 0 saturated carbocycles. The second-order valence-corrected chi connectivity index (χ2v) is 8.45. The number of aromatic amines is 1. The summed E-state index contributed by atoms with van der Waals surface area (Å²) in [4.78, 5) is 30.7. The number of hydrogen-bond acceptors (Lipinski definition) is 6. The van der Waals surface area contributed by atoms with Crippen LogP contribution in [0.1, 0.15) is 20.8 Å². The van der Waals surface area contributed by atoms with Gasteiger partial charge in [-0.25, -0.2) is 18.1 Å². The van der Waals surface area contributed by atoms with Crippen LogP contribution in [0.25, 0.3) is 11.3 Å². The molecule has 1 aromatic carbocycles. The van der Waals surface area contributed by atoms with Crippen LogP contribution in [0.15, 0.2) is 59.5 Å². The molecule has 0 aliphatic heterocycles. The molecule has 2 amide bonds. The van der Waals surface area contributed by atoms with Crippen LogP contribution in [0.2, 0.25) is 0 Å². The fraction of sp³-hybridized carbons (Fsp3) is 0.0556. The van der Waals surface area contributed by atoms with Gasteiger partial charge in [-0.05, 0) is 30.3 Å². The summed E-state index contributed by atoms with van der Waals surface area (Å²) in [6, 6.07) is 7.09. The Morgan fingerprint density at radius 2 is 2.00 bits per heavy atom. The lowest BCUT2D eigenvalue weighted by atomic mass is 10.2. The van der Waals surface area contributed by atoms with Gasteiger partial charge in [0.2, 0.25) is 10.0 Å². The number of carbonyl (C=O) groups is 2. The van der Waals surface area contributed by atoms with Gasteiger partial charge in [0.15, 0.2) is 5.13 Å². The molecule has 150 valence electrons. The fourth-order valence-corrected chi connectivity index (χ4v) is 4.07. The summed E-state index contributed by atoms with van der Waals surface area (Å²) in [5.41, 5.74) is 6.99. The summed E-state index contributed by atoms with van der Waals surface area (Å²) in [6.07, 6.45) is 3.03. The van der Waals surface area contributed by atoms with Gasteiger partial charge in [-0.2, -0.15) is 0 Å². The van der Waals surface area contributed by atoms with E-state index in [1.54, 1.807) is 17.6 Å². The second kappa shape index (κ2) is 8.39. The third-order valence-corrected chi connectivity index (χ3v) is 6.01. The van der Waals surface area contributed by atoms with Crippen molar-refractivity contribution < 1.29 is 18.0 Å². The standard InChI is InChI=1S/C18H17N5O4S2/c1-2-7-21-29(26,27)13-5-3-11(4-6-13)17(25)23-18-22-15(10-28-18)12-8-14(16(19)24)20-9-12/h2-6,8-10,20-21H,1,7H2,(H2,19,24)(H,22,23,25). The van der Waals surface area contributed by atoms with Gasteiger partial charge in [0.05, 0.1) is 10.6 Å². The number of nitrogens with zero attached hydrogens (tertiary/aromatic N) is 1. The van der Waals surface area contributed by atoms with Crippen molar-refractivity contribution in [3.8, 4) is 11.3 Å². The lowest BCUT2D eigenvalue weighted by Crippen LogP contribution is -2.23. The van der Waals surface area contributed by atoms with E-state index in [0.29, 0.717) is 16.4 Å². The van der Waals surface area contributed by atoms with Gasteiger partial charge in [-0.1, -0.05) is 6.08 Å². The Labute approximate surface area is 170 Å². The number of hydrogen-bond donors (Lipinski definition) is 4. The van der Waals surface area contributed by atoms with E-state index in [0.717, 1.165) is 0 Å². The van der Waals surface area contributed by atoms with Crippen LogP contribution in [0.4, 0.5) is 5.13 Å². The van der Waals surface area contributed by atoms with Gasteiger partial charge in [0, 0.05) is 29.2 Å². The summed E-state index contributed by atoms with van der Waals surface area (Å²) in [5.74, 6) is -1.01. The minimum atomic E-state index is -3.65. The Kier molecular flexibility index (Phi) is 5.92. The molecule has 2 heterocycles. The van der Waals surface area contributed by atoms with E-state index in [2.05, 4.69) is 26.6 Å². The lowest BCUT2D eigenvalue weighted by molar-refractivity contribution is 0.0994. The number of H-pyrrole nitrogens is 1. The van der Waals surface area contributed by atoms with Crippen molar-refractivity contribution in [1.82, 2.24) is 14.7 Å². The summed E-state index contributed by atoms with van der Waals surface area (Å²) in [7, 11) is -3.65. The number of aromatic nitrogens is 2. The Balaban J connectivity index is 1.70. The molecule has 0 fully saturated rings. The van der Waals surface area contributed by atoms with E-state index in [-0.39, 0.29) is 22.7 Å². The van der Waals surface area contributed by atoms with E-state index in [4.69, 9.17) is 5.73 Å². The predicted molar refractivity (Wildman–Crippen MR) is 110 cm³/mol. The minimum Gasteiger partial charge on any atom is -0.364 e. The molecular weight excluding hydrogens is 414 g/mol. The van der Waals surface area contributed by atoms with E-state index in [9.17, 15) is 18.0 Å². The maximum atomic E-state index is 12.4. The number of carbonyl (C=O) groups excluding carboxylic acids is 2. The first-order chi connectivity index (χ1) is 13.8. The summed E-state index contributed by atoms with van der Waals surface area (Å²) < 4.78 is 26.4. The smallest absolute Gasteiger partial charge is 0.265 e. The Hall–Kier alpha value is -3.28. The quantitative estimate of drug-likeness (QED) is 0.403. The molecule has 0 saturated heterocycles. The maximum absolute atomic E-state index is 12.4. The van der Waals surface area contributed by atoms with Gasteiger partial charge < -0.3 is 10.7 Å². The van der Waals surface area contributed by atoms with Crippen LogP contribution in [0, 0.1) is 0 Å². The van der Waals surface area contributed by atoms with Crippen molar-refractivity contribution in [2.45, 2.75) is 4.90 Å². The minimum absolute atomic E-state index is 0.0464. The predicted octanol–water partition coefficient (Wildman–Crippen LogP) is 1.95. The first kappa shape index (κ1) is 20.5. The molecule has 29 heavy (non-hydrogen) atoms. The normalized spacial score (nSPS) is 11.2. The molecule has 11 heteroatoms. The zero-order chi connectivity index (χ0) is 21.0. The van der Waals surface area contributed by atoms with Crippen LogP contribution in [0.5, 0.6) is 0 Å². The SMILES string of the molecule is C=CCNS(=O)(=O)c1ccc(C(=O)Nc2nc(-c3c[nH]c(C(N)=O)c3)cs2)cc1. The molecule has 2 aromatic heterocycles. The van der Waals surface area contributed by atoms with Crippen molar-refractivity contribution in [3.05, 3.63) is 65.8 Å². The number of primary amides is 1. The zero-order valence-electron chi connectivity index (χ0n) is 15.0. The summed E-state index contributed by atoms with van der Waals surface area (Å²) in [5, 5.41) is 4.74. The highest BCUT2D eigenvalue weighted by molar-refractivity contribution is 7.89. The first-order valence-electron chi connectivity index (χ1n) is 8.26. The third kappa shape index (κ3) is 4.77. The second-order valence-electron chi connectivity index (χ2n) is 5.82. The molecule has 3 rings (SSSR count). The number of nitrogens with one attached hydrogen (secondary N) is 3. The molecule has 0 unspecified atom stereocenters. The van der Waals surface area contributed by atoms with E-state index < -0.39 is 21.8 Å². The molecule has 0 radical (unpaired) electrons. The van der Waals surface area contributed by atoms with Crippen LogP contribution < -0.4 is 15.8 Å². The van der Waals surface area contributed by atoms with Gasteiger partial charge in [0.25, 0.3) is 11.8 Å². The summed E-state index contributed by atoms with van der Waals surface area (Å²) >= 11 is 1.21. The number of benzene rings is 1. The van der Waals surface area contributed by atoms with E-state index >= 15 is 0 Å². The average molecular weight is 431 g/mol. The van der Waals surface area contributed by atoms with Gasteiger partial charge in [-0.15, -0.1) is 17.9 Å². The van der Waals surface area contributed by atoms with Crippen molar-refractivity contribution in [2.24, 2.45) is 5.73 Å². The molecule has 0 atom stereocenters. The number of anilines is 1. The molecule has 0 aliphatic carbocycles. The molecule has 0 spiro atoms. The van der Waals surface area contributed by atoms with Crippen LogP contribution in [0.3, 0.4) is 0 Å². The lowest BCUT2D eigenvalue weighted by Gasteiger charge is -2.06. The number of amides is 2. The van der Waals surface area contributed by atoms with E-state index in [1.165, 1.54) is 41.7 Å². The summed E-state index contributed by atoms with van der Waals surface area (Å²) in [6.45, 7) is 3.57. The monoisotopic (exact) mass is 431 g/mol. The third-order valence-electron chi connectivity index (χ3n) is 3.81. The zero-order valence-corrected chi connectivity index (χ0v) is 16.6. The topological polar surface area (TPSA) is 147 Å². The number of thiazole rings is 1. The number of rotatable bonds is 8. The molecule has 0 bridgehead atoms. The number of nitrogens with two attached hydrogens (primary N) is 1. The van der Waals surface area contributed by atoms with Crippen LogP contribution >= 0.6 is 11.3 Å². The average Bonchev–Trinajstić information content (AvgIpc) is 3.36. The van der Waals surface area contributed by atoms with Crippen LogP contribution in [-0.4, -0.2) is 36.7 Å². The molecule has 0 aliphatic rings.